The maximum atomic E-state index is 9.74. The quantitative estimate of drug-likeness (QED) is 0.613. The van der Waals surface area contributed by atoms with E-state index in [-0.39, 0.29) is 11.1 Å². The summed E-state index contributed by atoms with van der Waals surface area (Å²) in [5.74, 6) is 0. The second-order valence-corrected chi connectivity index (χ2v) is 6.87. The molecule has 0 aromatic carbocycles. The Kier molecular flexibility index (Phi) is 2.98. The normalized spacial score (nSPS) is 43.1. The molecule has 0 amide bonds. The van der Waals surface area contributed by atoms with Crippen LogP contribution in [0.25, 0.3) is 5.53 Å². The summed E-state index contributed by atoms with van der Waals surface area (Å²) in [7, 11) is 4.35. The Morgan fingerprint density at radius 1 is 0.722 bits per heavy atom. The van der Waals surface area contributed by atoms with Gasteiger partial charge in [-0.1, -0.05) is 0 Å². The lowest BCUT2D eigenvalue weighted by Crippen LogP contribution is -2.42. The summed E-state index contributed by atoms with van der Waals surface area (Å²) in [4.78, 5) is 4.72. The lowest BCUT2D eigenvalue weighted by atomic mass is 9.71. The van der Waals surface area contributed by atoms with Gasteiger partial charge in [-0.2, -0.15) is 0 Å². The predicted octanol–water partition coefficient (Wildman–Crippen LogP) is 1.74. The maximum absolute atomic E-state index is 9.74. The number of likely N-dealkylation sites (N-methyl/N-ethyl adjacent to an activating group) is 2. The summed E-state index contributed by atoms with van der Waals surface area (Å²) in [5.41, 5.74) is 10.3. The van der Waals surface area contributed by atoms with Gasteiger partial charge in [0, 0.05) is 64.7 Å². The zero-order chi connectivity index (χ0) is 12.8. The first-order valence-electron chi connectivity index (χ1n) is 7.43. The first kappa shape index (κ1) is 12.5. The number of nitrogens with zero attached hydrogens (tertiary/aromatic N) is 4. The highest BCUT2D eigenvalue weighted by Crippen LogP contribution is 2.60. The molecule has 0 N–H and O–H groups in total. The van der Waals surface area contributed by atoms with Crippen molar-refractivity contribution in [2.24, 2.45) is 0 Å². The molecule has 18 heavy (non-hydrogen) atoms. The molecule has 4 aliphatic heterocycles. The van der Waals surface area contributed by atoms with E-state index in [9.17, 15) is 5.53 Å². The van der Waals surface area contributed by atoms with Gasteiger partial charge in [0.25, 0.3) is 0 Å². The van der Waals surface area contributed by atoms with Gasteiger partial charge in [0.2, 0.25) is 0 Å². The van der Waals surface area contributed by atoms with E-state index < -0.39 is 0 Å². The zero-order valence-corrected chi connectivity index (χ0v) is 11.9. The fourth-order valence-electron chi connectivity index (χ4n) is 4.19. The highest BCUT2D eigenvalue weighted by Gasteiger charge is 2.68. The highest BCUT2D eigenvalue weighted by atomic mass is 15.4. The van der Waals surface area contributed by atoms with Crippen LogP contribution in [0.4, 0.5) is 0 Å². The SMILES string of the molecule is CN1CCN(C)CC1.[N-]=[N+]1C23CCC1(CC2)CC3. The summed E-state index contributed by atoms with van der Waals surface area (Å²) in [6.45, 7) is 4.93. The van der Waals surface area contributed by atoms with E-state index in [0.29, 0.717) is 0 Å². The first-order chi connectivity index (χ1) is 8.56. The third kappa shape index (κ3) is 1.81. The van der Waals surface area contributed by atoms with E-state index >= 15 is 0 Å². The Morgan fingerprint density at radius 3 is 1.17 bits per heavy atom. The Morgan fingerprint density at radius 2 is 1.00 bits per heavy atom. The Bertz CT molecular complexity index is 287. The van der Waals surface area contributed by atoms with Crippen LogP contribution in [0.2, 0.25) is 0 Å². The van der Waals surface area contributed by atoms with Crippen molar-refractivity contribution < 1.29 is 4.70 Å². The fourth-order valence-corrected chi connectivity index (χ4v) is 4.19. The van der Waals surface area contributed by atoms with Crippen molar-refractivity contribution in [2.75, 3.05) is 40.3 Å². The Balaban J connectivity index is 0.000000115. The van der Waals surface area contributed by atoms with Gasteiger partial charge in [0.1, 0.15) is 0 Å². The largest absolute Gasteiger partial charge is 0.506 e. The van der Waals surface area contributed by atoms with Crippen molar-refractivity contribution in [1.29, 1.82) is 0 Å². The molecule has 4 heteroatoms. The second kappa shape index (κ2) is 4.27. The molecular weight excluding hydrogens is 224 g/mol. The van der Waals surface area contributed by atoms with Crippen LogP contribution in [0.3, 0.4) is 0 Å². The molecule has 2 bridgehead atoms. The minimum atomic E-state index is 0.264. The monoisotopic (exact) mass is 250 g/mol. The van der Waals surface area contributed by atoms with Crippen molar-refractivity contribution in [3.63, 3.8) is 0 Å². The third-order valence-electron chi connectivity index (χ3n) is 5.79. The topological polar surface area (TPSA) is 31.8 Å². The van der Waals surface area contributed by atoms with E-state index in [2.05, 4.69) is 23.9 Å². The van der Waals surface area contributed by atoms with E-state index in [1.54, 1.807) is 4.70 Å². The van der Waals surface area contributed by atoms with Gasteiger partial charge in [-0.05, 0) is 14.1 Å². The number of piperazine rings is 1. The van der Waals surface area contributed by atoms with Gasteiger partial charge in [0.05, 0.1) is 0 Å². The molecule has 4 nitrogen and oxygen atoms in total. The van der Waals surface area contributed by atoms with Crippen molar-refractivity contribution >= 4 is 0 Å². The molecule has 4 rings (SSSR count). The summed E-state index contributed by atoms with van der Waals surface area (Å²) in [6.07, 6.45) is 7.52. The van der Waals surface area contributed by atoms with Gasteiger partial charge in [-0.25, -0.2) is 0 Å². The highest BCUT2D eigenvalue weighted by molar-refractivity contribution is 5.08. The second-order valence-electron chi connectivity index (χ2n) is 6.87. The summed E-state index contributed by atoms with van der Waals surface area (Å²) in [6, 6.07) is 0. The fraction of sp³-hybridized carbons (Fsp3) is 1.00. The molecule has 0 atom stereocenters. The molecule has 4 fully saturated rings. The molecule has 0 aliphatic carbocycles. The third-order valence-corrected chi connectivity index (χ3v) is 5.79. The summed E-state index contributed by atoms with van der Waals surface area (Å²) >= 11 is 0. The smallest absolute Gasteiger partial charge is 0.152 e. The van der Waals surface area contributed by atoms with Crippen LogP contribution in [0.1, 0.15) is 38.5 Å². The number of rotatable bonds is 0. The number of hydrogen-bond acceptors (Lipinski definition) is 2. The van der Waals surface area contributed by atoms with Gasteiger partial charge in [0.15, 0.2) is 11.1 Å². The van der Waals surface area contributed by atoms with Crippen molar-refractivity contribution in [2.45, 2.75) is 49.6 Å². The van der Waals surface area contributed by atoms with Crippen molar-refractivity contribution in [1.82, 2.24) is 9.80 Å². The minimum Gasteiger partial charge on any atom is -0.506 e. The number of hydrogen-bond donors (Lipinski definition) is 0. The Hall–Kier alpha value is -0.480. The van der Waals surface area contributed by atoms with Crippen LogP contribution in [0, 0.1) is 0 Å². The predicted molar refractivity (Wildman–Crippen MR) is 71.8 cm³/mol. The maximum Gasteiger partial charge on any atom is 0.152 e. The molecule has 0 radical (unpaired) electrons. The molecule has 4 heterocycles. The van der Waals surface area contributed by atoms with Gasteiger partial charge < -0.3 is 20.0 Å². The van der Waals surface area contributed by atoms with Gasteiger partial charge in [-0.15, -0.1) is 0 Å². The van der Waals surface area contributed by atoms with E-state index in [0.717, 1.165) is 0 Å². The lowest BCUT2D eigenvalue weighted by Gasteiger charge is -2.28. The van der Waals surface area contributed by atoms with Crippen LogP contribution in [-0.4, -0.2) is 65.8 Å². The van der Waals surface area contributed by atoms with Crippen LogP contribution in [0.5, 0.6) is 0 Å². The summed E-state index contributed by atoms with van der Waals surface area (Å²) in [5, 5.41) is 0. The van der Waals surface area contributed by atoms with Crippen LogP contribution in [0.15, 0.2) is 0 Å². The van der Waals surface area contributed by atoms with Crippen molar-refractivity contribution in [3.05, 3.63) is 5.53 Å². The molecule has 0 aromatic rings. The average Bonchev–Trinajstić information content (AvgIpc) is 2.93. The van der Waals surface area contributed by atoms with E-state index in [4.69, 9.17) is 0 Å². The lowest BCUT2D eigenvalue weighted by molar-refractivity contribution is -0.625. The van der Waals surface area contributed by atoms with Gasteiger partial charge >= 0.3 is 0 Å². The van der Waals surface area contributed by atoms with E-state index in [1.807, 2.05) is 0 Å². The van der Waals surface area contributed by atoms with E-state index in [1.165, 1.54) is 64.7 Å². The van der Waals surface area contributed by atoms with Crippen LogP contribution < -0.4 is 0 Å². The minimum absolute atomic E-state index is 0.264. The van der Waals surface area contributed by atoms with Crippen LogP contribution >= 0.6 is 0 Å². The molecule has 0 aromatic heterocycles. The molecule has 0 saturated carbocycles. The van der Waals surface area contributed by atoms with Crippen LogP contribution in [-0.2, 0) is 0 Å². The molecule has 102 valence electrons. The average molecular weight is 250 g/mol. The molecule has 4 aliphatic rings. The zero-order valence-electron chi connectivity index (χ0n) is 11.9. The summed E-state index contributed by atoms with van der Waals surface area (Å²) < 4.78 is 1.71. The molecule has 0 spiro atoms. The Labute approximate surface area is 110 Å². The van der Waals surface area contributed by atoms with Crippen molar-refractivity contribution in [3.8, 4) is 0 Å². The van der Waals surface area contributed by atoms with Gasteiger partial charge in [-0.3, -0.25) is 0 Å². The molecule has 4 saturated heterocycles. The first-order valence-corrected chi connectivity index (χ1v) is 7.43. The molecular formula is C14H26N4. The standard InChI is InChI=1S/C8H12N2.C6H14N2/c9-10-7-1-2-8(10,5-3-7)6-4-7;1-7-3-5-8(2)6-4-7/h1-6H2;3-6H2,1-2H3. The molecule has 0 unspecified atom stereocenters.